The van der Waals surface area contributed by atoms with Gasteiger partial charge < -0.3 is 20.4 Å². The molecule has 0 fully saturated rings. The zero-order valence-corrected chi connectivity index (χ0v) is 15.8. The molecule has 0 radical (unpaired) electrons. The molecule has 0 unspecified atom stereocenters. The van der Waals surface area contributed by atoms with Crippen LogP contribution in [0.25, 0.3) is 10.9 Å². The van der Waals surface area contributed by atoms with E-state index >= 15 is 0 Å². The van der Waals surface area contributed by atoms with Crippen LogP contribution in [0, 0.1) is 11.8 Å². The Morgan fingerprint density at radius 3 is 2.52 bits per heavy atom. The van der Waals surface area contributed by atoms with Gasteiger partial charge >= 0.3 is 0 Å². The lowest BCUT2D eigenvalue weighted by atomic mass is 10.2. The van der Waals surface area contributed by atoms with Gasteiger partial charge in [-0.2, -0.15) is 0 Å². The van der Waals surface area contributed by atoms with Crippen LogP contribution >= 0.6 is 0 Å². The van der Waals surface area contributed by atoms with Crippen molar-refractivity contribution >= 4 is 28.2 Å². The van der Waals surface area contributed by atoms with Gasteiger partial charge in [0.1, 0.15) is 11.4 Å². The maximum Gasteiger partial charge on any atom is 0.224 e. The van der Waals surface area contributed by atoms with Crippen LogP contribution in [0.15, 0.2) is 42.5 Å². The number of nitrogens with two attached hydrogens (primary N) is 1. The molecule has 2 aromatic carbocycles. The van der Waals surface area contributed by atoms with E-state index in [0.717, 1.165) is 40.1 Å². The van der Waals surface area contributed by atoms with Gasteiger partial charge in [0.15, 0.2) is 0 Å². The van der Waals surface area contributed by atoms with Crippen LogP contribution in [-0.4, -0.2) is 17.6 Å². The third-order valence-corrected chi connectivity index (χ3v) is 4.44. The predicted molar refractivity (Wildman–Crippen MR) is 110 cm³/mol. The van der Waals surface area contributed by atoms with Crippen LogP contribution in [0.1, 0.15) is 31.5 Å². The summed E-state index contributed by atoms with van der Waals surface area (Å²) in [7, 11) is 1.65. The van der Waals surface area contributed by atoms with Crippen molar-refractivity contribution in [1.29, 1.82) is 0 Å². The van der Waals surface area contributed by atoms with Crippen LogP contribution in [0.3, 0.4) is 0 Å². The van der Waals surface area contributed by atoms with Gasteiger partial charge in [0, 0.05) is 35.7 Å². The summed E-state index contributed by atoms with van der Waals surface area (Å²) in [5.41, 5.74) is 10.5. The highest BCUT2D eigenvalue weighted by molar-refractivity contribution is 5.96. The first-order chi connectivity index (χ1) is 13.1. The van der Waals surface area contributed by atoms with E-state index in [1.165, 1.54) is 0 Å². The number of amides is 1. The number of carbonyl (C=O) groups is 1. The van der Waals surface area contributed by atoms with E-state index in [0.29, 0.717) is 12.1 Å². The minimum Gasteiger partial charge on any atom is -0.497 e. The number of carbonyl (C=O) groups excluding carboxylic acids is 1. The maximum atomic E-state index is 11.5. The topological polar surface area (TPSA) is 69.3 Å². The molecule has 1 aromatic heterocycles. The number of nitrogens with zero attached hydrogens (tertiary/aromatic N) is 1. The number of nitrogens with one attached hydrogen (secondary N) is 1. The molecular formula is C22H23N3O2. The van der Waals surface area contributed by atoms with Crippen LogP contribution in [-0.2, 0) is 11.3 Å². The molecule has 0 saturated carbocycles. The highest BCUT2D eigenvalue weighted by atomic mass is 16.5. The molecule has 0 bridgehead atoms. The number of aromatic nitrogens is 1. The van der Waals surface area contributed by atoms with Gasteiger partial charge in [-0.05, 0) is 49.2 Å². The van der Waals surface area contributed by atoms with Gasteiger partial charge in [0.05, 0.1) is 18.3 Å². The number of rotatable bonds is 4. The molecule has 138 valence electrons. The van der Waals surface area contributed by atoms with Crippen molar-refractivity contribution in [3.05, 3.63) is 53.7 Å². The molecule has 0 aliphatic carbocycles. The van der Waals surface area contributed by atoms with E-state index in [2.05, 4.69) is 28.6 Å². The van der Waals surface area contributed by atoms with Crippen molar-refractivity contribution in [2.24, 2.45) is 0 Å². The number of nitrogen functional groups attached to an aromatic ring is 1. The molecule has 0 saturated heterocycles. The van der Waals surface area contributed by atoms with Gasteiger partial charge in [-0.15, -0.1) is 0 Å². The van der Waals surface area contributed by atoms with E-state index in [1.54, 1.807) is 7.11 Å². The number of hydrogen-bond acceptors (Lipinski definition) is 3. The first-order valence-electron chi connectivity index (χ1n) is 8.95. The largest absolute Gasteiger partial charge is 0.497 e. The summed E-state index contributed by atoms with van der Waals surface area (Å²) in [4.78, 5) is 11.5. The van der Waals surface area contributed by atoms with E-state index < -0.39 is 0 Å². The summed E-state index contributed by atoms with van der Waals surface area (Å²) < 4.78 is 7.42. The van der Waals surface area contributed by atoms with Crippen LogP contribution in [0.5, 0.6) is 5.75 Å². The second-order valence-corrected chi connectivity index (χ2v) is 6.12. The maximum absolute atomic E-state index is 11.5. The number of ether oxygens (including phenoxy) is 1. The Hall–Kier alpha value is -3.39. The van der Waals surface area contributed by atoms with Crippen molar-refractivity contribution < 1.29 is 9.53 Å². The first kappa shape index (κ1) is 18.4. The van der Waals surface area contributed by atoms with Crippen molar-refractivity contribution in [3.8, 4) is 17.6 Å². The number of methoxy groups -OCH3 is 1. The quantitative estimate of drug-likeness (QED) is 0.690. The average molecular weight is 361 g/mol. The summed E-state index contributed by atoms with van der Waals surface area (Å²) in [5.74, 6) is 7.15. The van der Waals surface area contributed by atoms with Gasteiger partial charge in [-0.1, -0.05) is 12.8 Å². The Kier molecular flexibility index (Phi) is 5.37. The Morgan fingerprint density at radius 1 is 1.15 bits per heavy atom. The predicted octanol–water partition coefficient (Wildman–Crippen LogP) is 4.00. The van der Waals surface area contributed by atoms with Gasteiger partial charge in [0.2, 0.25) is 5.91 Å². The zero-order valence-electron chi connectivity index (χ0n) is 15.8. The highest BCUT2D eigenvalue weighted by Crippen LogP contribution is 2.31. The highest BCUT2D eigenvalue weighted by Gasteiger charge is 2.13. The third-order valence-electron chi connectivity index (χ3n) is 4.44. The van der Waals surface area contributed by atoms with Gasteiger partial charge in [-0.3, -0.25) is 4.79 Å². The summed E-state index contributed by atoms with van der Waals surface area (Å²) in [5, 5.41) is 3.80. The molecule has 5 nitrogen and oxygen atoms in total. The molecule has 5 heteroatoms. The summed E-state index contributed by atoms with van der Waals surface area (Å²) in [6.07, 6.45) is 0.452. The number of anilines is 2. The minimum atomic E-state index is -0.00972. The zero-order chi connectivity index (χ0) is 19.4. The molecule has 0 spiro atoms. The first-order valence-corrected chi connectivity index (χ1v) is 8.95. The Labute approximate surface area is 159 Å². The van der Waals surface area contributed by atoms with Crippen molar-refractivity contribution in [2.45, 2.75) is 26.8 Å². The smallest absolute Gasteiger partial charge is 0.224 e. The summed E-state index contributed by atoms with van der Waals surface area (Å²) in [6, 6.07) is 13.3. The SMILES string of the molecule is CCC(=O)Nc1ccc(C#Cc2c(N)c3ccc(OC)cc3n2CC)cc1. The van der Waals surface area contributed by atoms with E-state index in [4.69, 9.17) is 10.5 Å². The van der Waals surface area contributed by atoms with Crippen molar-refractivity contribution in [1.82, 2.24) is 4.57 Å². The fourth-order valence-electron chi connectivity index (χ4n) is 2.96. The molecule has 0 aliphatic rings. The fraction of sp³-hybridized carbons (Fsp3) is 0.227. The summed E-state index contributed by atoms with van der Waals surface area (Å²) in [6.45, 7) is 4.64. The lowest BCUT2D eigenvalue weighted by Gasteiger charge is -2.05. The third kappa shape index (κ3) is 3.75. The molecular weight excluding hydrogens is 338 g/mol. The molecule has 0 aliphatic heterocycles. The van der Waals surface area contributed by atoms with Crippen LogP contribution in [0.4, 0.5) is 11.4 Å². The number of benzene rings is 2. The van der Waals surface area contributed by atoms with Crippen LogP contribution < -0.4 is 15.8 Å². The molecule has 3 rings (SSSR count). The van der Waals surface area contributed by atoms with Crippen molar-refractivity contribution in [2.75, 3.05) is 18.2 Å². The standard InChI is InChI=1S/C22H23N3O2/c1-4-21(26)24-16-9-6-15(7-10-16)8-13-19-22(23)18-12-11-17(27-3)14-20(18)25(19)5-2/h6-7,9-12,14H,4-5,23H2,1-3H3,(H,24,26). The van der Waals surface area contributed by atoms with Crippen LogP contribution in [0.2, 0.25) is 0 Å². The number of aryl methyl sites for hydroxylation is 1. The molecule has 27 heavy (non-hydrogen) atoms. The number of fused-ring (bicyclic) bond motifs is 1. The van der Waals surface area contributed by atoms with Crippen molar-refractivity contribution in [3.63, 3.8) is 0 Å². The molecule has 3 N–H and O–H groups in total. The van der Waals surface area contributed by atoms with Gasteiger partial charge in [-0.25, -0.2) is 0 Å². The Bertz CT molecular complexity index is 1040. The van der Waals surface area contributed by atoms with E-state index in [9.17, 15) is 4.79 Å². The average Bonchev–Trinajstić information content (AvgIpc) is 2.97. The fourth-order valence-corrected chi connectivity index (χ4v) is 2.96. The second kappa shape index (κ2) is 7.88. The summed E-state index contributed by atoms with van der Waals surface area (Å²) >= 11 is 0. The normalized spacial score (nSPS) is 10.3. The molecule has 1 amide bonds. The molecule has 3 aromatic rings. The monoisotopic (exact) mass is 361 g/mol. The number of hydrogen-bond donors (Lipinski definition) is 2. The second-order valence-electron chi connectivity index (χ2n) is 6.12. The van der Waals surface area contributed by atoms with E-state index in [1.807, 2.05) is 49.4 Å². The Morgan fingerprint density at radius 2 is 1.89 bits per heavy atom. The molecule has 1 heterocycles. The Balaban J connectivity index is 1.95. The minimum absolute atomic E-state index is 0.00972. The molecule has 0 atom stereocenters. The van der Waals surface area contributed by atoms with E-state index in [-0.39, 0.29) is 5.91 Å². The lowest BCUT2D eigenvalue weighted by molar-refractivity contribution is -0.115. The van der Waals surface area contributed by atoms with Gasteiger partial charge in [0.25, 0.3) is 0 Å². The lowest BCUT2D eigenvalue weighted by Crippen LogP contribution is -2.09.